The lowest BCUT2D eigenvalue weighted by molar-refractivity contribution is -0.144. The molecule has 2 nitrogen and oxygen atoms in total. The maximum Gasteiger partial charge on any atom is 0.306 e. The summed E-state index contributed by atoms with van der Waals surface area (Å²) < 4.78 is 5.13. The van der Waals surface area contributed by atoms with Crippen LogP contribution in [0.2, 0.25) is 0 Å². The second-order valence-corrected chi connectivity index (χ2v) is 4.74. The number of carbonyl (C=O) groups excluding carboxylic acids is 1. The first-order valence-electron chi connectivity index (χ1n) is 6.35. The Kier molecular flexibility index (Phi) is 8.97. The van der Waals surface area contributed by atoms with Crippen molar-refractivity contribution in [1.29, 1.82) is 0 Å². The van der Waals surface area contributed by atoms with Crippen molar-refractivity contribution < 1.29 is 9.53 Å². The van der Waals surface area contributed by atoms with Gasteiger partial charge in [-0.25, -0.2) is 0 Å². The van der Waals surface area contributed by atoms with Crippen molar-refractivity contribution >= 4 is 5.97 Å². The number of ether oxygens (including phenoxy) is 1. The summed E-state index contributed by atoms with van der Waals surface area (Å²) in [5, 5.41) is 0. The monoisotopic (exact) mass is 226 g/mol. The van der Waals surface area contributed by atoms with E-state index in [2.05, 4.69) is 33.8 Å². The SMILES string of the molecule is CCCCOC(=O)CC(C)CCC=C(C)C. The molecule has 0 fully saturated rings. The number of allylic oxidation sites excluding steroid dienone is 2. The summed E-state index contributed by atoms with van der Waals surface area (Å²) in [7, 11) is 0. The maximum atomic E-state index is 11.4. The van der Waals surface area contributed by atoms with Gasteiger partial charge in [-0.05, 0) is 39.0 Å². The third-order valence-electron chi connectivity index (χ3n) is 2.49. The van der Waals surface area contributed by atoms with Gasteiger partial charge >= 0.3 is 5.97 Å². The van der Waals surface area contributed by atoms with E-state index in [1.54, 1.807) is 0 Å². The lowest BCUT2D eigenvalue weighted by Gasteiger charge is -2.09. The largest absolute Gasteiger partial charge is 0.466 e. The zero-order valence-electron chi connectivity index (χ0n) is 11.2. The molecule has 2 heteroatoms. The Balaban J connectivity index is 3.58. The zero-order valence-corrected chi connectivity index (χ0v) is 11.2. The van der Waals surface area contributed by atoms with Gasteiger partial charge in [0, 0.05) is 6.42 Å². The van der Waals surface area contributed by atoms with E-state index >= 15 is 0 Å². The van der Waals surface area contributed by atoms with Gasteiger partial charge in [-0.15, -0.1) is 0 Å². The van der Waals surface area contributed by atoms with Crippen LogP contribution in [0.5, 0.6) is 0 Å². The Bertz CT molecular complexity index is 215. The molecule has 0 spiro atoms. The van der Waals surface area contributed by atoms with Crippen LogP contribution in [0.15, 0.2) is 11.6 Å². The van der Waals surface area contributed by atoms with E-state index in [1.165, 1.54) is 5.57 Å². The first kappa shape index (κ1) is 15.2. The molecule has 0 aromatic rings. The molecule has 16 heavy (non-hydrogen) atoms. The number of hydrogen-bond donors (Lipinski definition) is 0. The lowest BCUT2D eigenvalue weighted by atomic mass is 10.0. The van der Waals surface area contributed by atoms with Gasteiger partial charge in [-0.3, -0.25) is 4.79 Å². The zero-order chi connectivity index (χ0) is 12.4. The van der Waals surface area contributed by atoms with E-state index in [0.717, 1.165) is 25.7 Å². The number of carbonyl (C=O) groups is 1. The second-order valence-electron chi connectivity index (χ2n) is 4.74. The van der Waals surface area contributed by atoms with Crippen LogP contribution in [0.3, 0.4) is 0 Å². The third kappa shape index (κ3) is 9.75. The molecule has 0 N–H and O–H groups in total. The van der Waals surface area contributed by atoms with Gasteiger partial charge in [-0.1, -0.05) is 31.9 Å². The summed E-state index contributed by atoms with van der Waals surface area (Å²) >= 11 is 0. The van der Waals surface area contributed by atoms with Crippen molar-refractivity contribution in [2.45, 2.75) is 59.8 Å². The van der Waals surface area contributed by atoms with Gasteiger partial charge in [-0.2, -0.15) is 0 Å². The minimum Gasteiger partial charge on any atom is -0.466 e. The first-order chi connectivity index (χ1) is 7.56. The van der Waals surface area contributed by atoms with Crippen molar-refractivity contribution in [3.8, 4) is 0 Å². The molecule has 0 heterocycles. The summed E-state index contributed by atoms with van der Waals surface area (Å²) in [5.74, 6) is 0.378. The highest BCUT2D eigenvalue weighted by Crippen LogP contribution is 2.12. The van der Waals surface area contributed by atoms with Crippen LogP contribution in [0.25, 0.3) is 0 Å². The molecule has 0 radical (unpaired) electrons. The fourth-order valence-corrected chi connectivity index (χ4v) is 1.43. The predicted octanol–water partition coefficient (Wildman–Crippen LogP) is 4.10. The van der Waals surface area contributed by atoms with E-state index in [-0.39, 0.29) is 5.97 Å². The van der Waals surface area contributed by atoms with Crippen LogP contribution in [-0.4, -0.2) is 12.6 Å². The van der Waals surface area contributed by atoms with E-state index in [4.69, 9.17) is 4.74 Å². The fourth-order valence-electron chi connectivity index (χ4n) is 1.43. The Morgan fingerprint density at radius 1 is 1.38 bits per heavy atom. The molecule has 0 bridgehead atoms. The van der Waals surface area contributed by atoms with Crippen LogP contribution in [0, 0.1) is 5.92 Å². The highest BCUT2D eigenvalue weighted by molar-refractivity contribution is 5.69. The molecule has 94 valence electrons. The molecule has 0 aromatic heterocycles. The number of unbranched alkanes of at least 4 members (excludes halogenated alkanes) is 1. The molecule has 0 aliphatic rings. The summed E-state index contributed by atoms with van der Waals surface area (Å²) in [5.41, 5.74) is 1.35. The lowest BCUT2D eigenvalue weighted by Crippen LogP contribution is -2.10. The minimum absolute atomic E-state index is 0.0434. The molecule has 1 atom stereocenters. The summed E-state index contributed by atoms with van der Waals surface area (Å²) in [6.07, 6.45) is 6.94. The number of esters is 1. The van der Waals surface area contributed by atoms with Crippen LogP contribution < -0.4 is 0 Å². The van der Waals surface area contributed by atoms with Crippen LogP contribution in [0.1, 0.15) is 59.8 Å². The fraction of sp³-hybridized carbons (Fsp3) is 0.786. The van der Waals surface area contributed by atoms with Crippen LogP contribution >= 0.6 is 0 Å². The highest BCUT2D eigenvalue weighted by Gasteiger charge is 2.09. The predicted molar refractivity (Wildman–Crippen MR) is 68.3 cm³/mol. The first-order valence-corrected chi connectivity index (χ1v) is 6.35. The summed E-state index contributed by atoms with van der Waals surface area (Å²) in [6, 6.07) is 0. The molecular formula is C14H26O2. The van der Waals surface area contributed by atoms with Gasteiger partial charge < -0.3 is 4.74 Å². The molecule has 0 aromatic carbocycles. The molecule has 0 saturated carbocycles. The highest BCUT2D eigenvalue weighted by atomic mass is 16.5. The second kappa shape index (κ2) is 9.44. The summed E-state index contributed by atoms with van der Waals surface area (Å²) in [4.78, 5) is 11.4. The van der Waals surface area contributed by atoms with Crippen molar-refractivity contribution in [1.82, 2.24) is 0 Å². The normalized spacial score (nSPS) is 12.0. The molecule has 0 amide bonds. The molecule has 1 unspecified atom stereocenters. The van der Waals surface area contributed by atoms with Gasteiger partial charge in [0.25, 0.3) is 0 Å². The topological polar surface area (TPSA) is 26.3 Å². The molecule has 0 saturated heterocycles. The Hall–Kier alpha value is -0.790. The Morgan fingerprint density at radius 3 is 2.62 bits per heavy atom. The van der Waals surface area contributed by atoms with Gasteiger partial charge in [0.15, 0.2) is 0 Å². The summed E-state index contributed by atoms with van der Waals surface area (Å²) in [6.45, 7) is 8.99. The van der Waals surface area contributed by atoms with Crippen molar-refractivity contribution in [2.75, 3.05) is 6.61 Å². The molecule has 0 aliphatic carbocycles. The molecule has 0 rings (SSSR count). The van der Waals surface area contributed by atoms with Crippen LogP contribution in [0.4, 0.5) is 0 Å². The smallest absolute Gasteiger partial charge is 0.306 e. The minimum atomic E-state index is -0.0434. The van der Waals surface area contributed by atoms with Crippen molar-refractivity contribution in [3.05, 3.63) is 11.6 Å². The number of hydrogen-bond acceptors (Lipinski definition) is 2. The van der Waals surface area contributed by atoms with Crippen LogP contribution in [-0.2, 0) is 9.53 Å². The maximum absolute atomic E-state index is 11.4. The average molecular weight is 226 g/mol. The van der Waals surface area contributed by atoms with Gasteiger partial charge in [0.05, 0.1) is 6.61 Å². The van der Waals surface area contributed by atoms with E-state index in [1.807, 2.05) is 0 Å². The number of rotatable bonds is 8. The van der Waals surface area contributed by atoms with E-state index in [0.29, 0.717) is 18.9 Å². The quantitative estimate of drug-likeness (QED) is 0.354. The van der Waals surface area contributed by atoms with Crippen molar-refractivity contribution in [2.24, 2.45) is 5.92 Å². The van der Waals surface area contributed by atoms with Gasteiger partial charge in [0.2, 0.25) is 0 Å². The van der Waals surface area contributed by atoms with Crippen molar-refractivity contribution in [3.63, 3.8) is 0 Å². The Labute approximate surface area is 100 Å². The van der Waals surface area contributed by atoms with E-state index in [9.17, 15) is 4.79 Å². The average Bonchev–Trinajstić information content (AvgIpc) is 2.17. The Morgan fingerprint density at radius 2 is 2.06 bits per heavy atom. The van der Waals surface area contributed by atoms with E-state index < -0.39 is 0 Å². The standard InChI is InChI=1S/C14H26O2/c1-5-6-10-16-14(15)11-13(4)9-7-8-12(2)3/h8,13H,5-7,9-11H2,1-4H3. The van der Waals surface area contributed by atoms with Gasteiger partial charge in [0.1, 0.15) is 0 Å². The molecule has 0 aliphatic heterocycles. The third-order valence-corrected chi connectivity index (χ3v) is 2.49. The molecular weight excluding hydrogens is 200 g/mol.